The number of carbonyl (C=O) groups is 1. The Bertz CT molecular complexity index is 982. The van der Waals surface area contributed by atoms with E-state index in [0.717, 1.165) is 12.8 Å². The van der Waals surface area contributed by atoms with Crippen LogP contribution in [0.15, 0.2) is 57.0 Å². The van der Waals surface area contributed by atoms with Gasteiger partial charge in [-0.05, 0) is 37.1 Å². The summed E-state index contributed by atoms with van der Waals surface area (Å²) in [5.74, 6) is 0.648. The lowest BCUT2D eigenvalue weighted by Crippen LogP contribution is -2.34. The molecule has 1 N–H and O–H groups in total. The van der Waals surface area contributed by atoms with Gasteiger partial charge in [0.25, 0.3) is 5.56 Å². The number of fused-ring (bicyclic) bond motifs is 1. The summed E-state index contributed by atoms with van der Waals surface area (Å²) in [6.07, 6.45) is 4.20. The number of nitrogens with zero attached hydrogens (tertiary/aromatic N) is 2. The van der Waals surface area contributed by atoms with Gasteiger partial charge < -0.3 is 9.73 Å². The van der Waals surface area contributed by atoms with Crippen molar-refractivity contribution in [3.05, 3.63) is 58.8 Å². The Kier molecular flexibility index (Phi) is 6.92. The minimum atomic E-state index is -0.312. The van der Waals surface area contributed by atoms with Gasteiger partial charge in [0.05, 0.1) is 29.0 Å². The highest BCUT2D eigenvalue weighted by Crippen LogP contribution is 2.25. The topological polar surface area (TPSA) is 77.1 Å². The Balaban J connectivity index is 1.95. The Morgan fingerprint density at radius 3 is 2.79 bits per heavy atom. The number of aromatic nitrogens is 2. The summed E-state index contributed by atoms with van der Waals surface area (Å²) in [7, 11) is 0. The summed E-state index contributed by atoms with van der Waals surface area (Å²) < 4.78 is 7.02. The van der Waals surface area contributed by atoms with Crippen molar-refractivity contribution in [3.8, 4) is 0 Å². The van der Waals surface area contributed by atoms with E-state index in [4.69, 9.17) is 4.42 Å². The number of rotatable bonds is 9. The molecule has 0 spiro atoms. The minimum Gasteiger partial charge on any atom is -0.467 e. The maximum Gasteiger partial charge on any atom is 0.262 e. The van der Waals surface area contributed by atoms with Crippen LogP contribution in [0.4, 0.5) is 0 Å². The molecule has 0 saturated heterocycles. The van der Waals surface area contributed by atoms with Crippen molar-refractivity contribution in [2.75, 3.05) is 6.54 Å². The van der Waals surface area contributed by atoms with Gasteiger partial charge in [-0.1, -0.05) is 44.2 Å². The van der Waals surface area contributed by atoms with Crippen LogP contribution in [0.25, 0.3) is 10.9 Å². The number of thioether (sulfide) groups is 1. The molecule has 28 heavy (non-hydrogen) atoms. The van der Waals surface area contributed by atoms with Gasteiger partial charge in [-0.15, -0.1) is 0 Å². The average molecular weight is 400 g/mol. The lowest BCUT2D eigenvalue weighted by atomic mass is 10.2. The van der Waals surface area contributed by atoms with E-state index < -0.39 is 0 Å². The molecule has 0 radical (unpaired) electrons. The van der Waals surface area contributed by atoms with Crippen molar-refractivity contribution in [1.82, 2.24) is 14.9 Å². The van der Waals surface area contributed by atoms with Crippen LogP contribution in [0.2, 0.25) is 0 Å². The molecular formula is C21H25N3O3S. The molecule has 1 atom stereocenters. The number of para-hydroxylation sites is 1. The third-order valence-electron chi connectivity index (χ3n) is 4.46. The van der Waals surface area contributed by atoms with Crippen molar-refractivity contribution in [1.29, 1.82) is 0 Å². The molecule has 0 aliphatic rings. The molecular weight excluding hydrogens is 374 g/mol. The van der Waals surface area contributed by atoms with Gasteiger partial charge in [0.2, 0.25) is 5.91 Å². The monoisotopic (exact) mass is 399 g/mol. The number of unbranched alkanes of at least 4 members (excludes halogenated alkanes) is 1. The fourth-order valence-corrected chi connectivity index (χ4v) is 3.92. The van der Waals surface area contributed by atoms with Crippen LogP contribution in [0.3, 0.4) is 0 Å². The molecule has 3 aromatic rings. The van der Waals surface area contributed by atoms with E-state index in [1.807, 2.05) is 31.2 Å². The summed E-state index contributed by atoms with van der Waals surface area (Å²) in [5.41, 5.74) is 0.498. The normalized spacial score (nSPS) is 12.2. The minimum absolute atomic E-state index is 0.0205. The Morgan fingerprint density at radius 1 is 1.25 bits per heavy atom. The fourth-order valence-electron chi connectivity index (χ4n) is 2.89. The zero-order chi connectivity index (χ0) is 19.9. The highest BCUT2D eigenvalue weighted by molar-refractivity contribution is 8.00. The van der Waals surface area contributed by atoms with E-state index in [2.05, 4.69) is 17.2 Å². The third-order valence-corrected chi connectivity index (χ3v) is 5.82. The van der Waals surface area contributed by atoms with Crippen LogP contribution in [0.5, 0.6) is 0 Å². The second-order valence-corrected chi connectivity index (χ2v) is 7.71. The van der Waals surface area contributed by atoms with E-state index in [1.165, 1.54) is 11.8 Å². The first-order valence-electron chi connectivity index (χ1n) is 9.60. The van der Waals surface area contributed by atoms with Crippen LogP contribution in [0, 0.1) is 0 Å². The number of hydrogen-bond donors (Lipinski definition) is 1. The average Bonchev–Trinajstić information content (AvgIpc) is 3.22. The van der Waals surface area contributed by atoms with E-state index in [1.54, 1.807) is 23.0 Å². The first-order valence-corrected chi connectivity index (χ1v) is 10.5. The molecule has 6 nitrogen and oxygen atoms in total. The molecule has 0 bridgehead atoms. The largest absolute Gasteiger partial charge is 0.467 e. The zero-order valence-electron chi connectivity index (χ0n) is 16.2. The summed E-state index contributed by atoms with van der Waals surface area (Å²) in [6.45, 7) is 4.99. The van der Waals surface area contributed by atoms with Gasteiger partial charge in [0.1, 0.15) is 5.76 Å². The Labute approximate surface area is 168 Å². The van der Waals surface area contributed by atoms with Crippen LogP contribution in [-0.2, 0) is 11.3 Å². The van der Waals surface area contributed by atoms with E-state index >= 15 is 0 Å². The van der Waals surface area contributed by atoms with Crippen molar-refractivity contribution < 1.29 is 9.21 Å². The highest BCUT2D eigenvalue weighted by atomic mass is 32.2. The molecule has 0 aliphatic heterocycles. The maximum atomic E-state index is 13.1. The molecule has 0 saturated carbocycles. The number of nitrogens with one attached hydrogen (secondary N) is 1. The second kappa shape index (κ2) is 9.59. The Hall–Kier alpha value is -2.54. The summed E-state index contributed by atoms with van der Waals surface area (Å²) in [5, 5.41) is 3.75. The molecule has 0 aliphatic carbocycles. The van der Waals surface area contributed by atoms with Crippen molar-refractivity contribution in [2.45, 2.75) is 50.1 Å². The standard InChI is InChI=1S/C21H25N3O3S/c1-3-5-12-22-19(25)18(4-2)28-21-23-17-11-7-6-10-16(17)20(26)24(21)14-15-9-8-13-27-15/h6-11,13,18H,3-5,12,14H2,1-2H3,(H,22,25)/t18-/m1/s1. The molecule has 1 amide bonds. The predicted molar refractivity (Wildman–Crippen MR) is 112 cm³/mol. The van der Waals surface area contributed by atoms with Gasteiger partial charge in [-0.3, -0.25) is 14.2 Å². The van der Waals surface area contributed by atoms with Crippen molar-refractivity contribution in [3.63, 3.8) is 0 Å². The number of benzene rings is 1. The fraction of sp³-hybridized carbons (Fsp3) is 0.381. The van der Waals surface area contributed by atoms with Crippen LogP contribution >= 0.6 is 11.8 Å². The third kappa shape index (κ3) is 4.65. The van der Waals surface area contributed by atoms with Crippen molar-refractivity contribution >= 4 is 28.6 Å². The number of carbonyl (C=O) groups excluding carboxylic acids is 1. The Morgan fingerprint density at radius 2 is 2.07 bits per heavy atom. The van der Waals surface area contributed by atoms with Crippen molar-refractivity contribution in [2.24, 2.45) is 0 Å². The van der Waals surface area contributed by atoms with Gasteiger partial charge in [0.15, 0.2) is 5.16 Å². The molecule has 7 heteroatoms. The van der Waals surface area contributed by atoms with Crippen LogP contribution in [-0.4, -0.2) is 27.3 Å². The second-order valence-electron chi connectivity index (χ2n) is 6.54. The first kappa shape index (κ1) is 20.2. The van der Waals surface area contributed by atoms with Gasteiger partial charge in [0, 0.05) is 6.54 Å². The molecule has 1 aromatic carbocycles. The number of furan rings is 1. The predicted octanol–water partition coefficient (Wildman–Crippen LogP) is 3.82. The first-order chi connectivity index (χ1) is 13.6. The summed E-state index contributed by atoms with van der Waals surface area (Å²) in [4.78, 5) is 30.3. The smallest absolute Gasteiger partial charge is 0.262 e. The van der Waals surface area contributed by atoms with E-state index in [0.29, 0.717) is 34.8 Å². The summed E-state index contributed by atoms with van der Waals surface area (Å²) in [6, 6.07) is 10.9. The number of hydrogen-bond acceptors (Lipinski definition) is 5. The van der Waals surface area contributed by atoms with Crippen LogP contribution in [0.1, 0.15) is 38.9 Å². The lowest BCUT2D eigenvalue weighted by molar-refractivity contribution is -0.120. The summed E-state index contributed by atoms with van der Waals surface area (Å²) >= 11 is 1.33. The molecule has 0 unspecified atom stereocenters. The van der Waals surface area contributed by atoms with E-state index in [9.17, 15) is 9.59 Å². The molecule has 148 valence electrons. The van der Waals surface area contributed by atoms with Gasteiger partial charge in [-0.2, -0.15) is 0 Å². The molecule has 0 fully saturated rings. The number of amides is 1. The molecule has 2 heterocycles. The van der Waals surface area contributed by atoms with E-state index in [-0.39, 0.29) is 23.3 Å². The SMILES string of the molecule is CCCCNC(=O)[C@@H](CC)Sc1nc2ccccc2c(=O)n1Cc1ccco1. The maximum absolute atomic E-state index is 13.1. The molecule has 3 rings (SSSR count). The molecule has 2 aromatic heterocycles. The highest BCUT2D eigenvalue weighted by Gasteiger charge is 2.22. The van der Waals surface area contributed by atoms with Gasteiger partial charge in [-0.25, -0.2) is 4.98 Å². The van der Waals surface area contributed by atoms with Crippen LogP contribution < -0.4 is 10.9 Å². The quantitative estimate of drug-likeness (QED) is 0.336. The zero-order valence-corrected chi connectivity index (χ0v) is 17.0. The lowest BCUT2D eigenvalue weighted by Gasteiger charge is -2.17. The van der Waals surface area contributed by atoms with Gasteiger partial charge >= 0.3 is 0 Å².